The Balaban J connectivity index is 1.57. The van der Waals surface area contributed by atoms with Crippen molar-refractivity contribution in [2.75, 3.05) is 7.11 Å². The van der Waals surface area contributed by atoms with Gasteiger partial charge in [-0.3, -0.25) is 0 Å². The summed E-state index contributed by atoms with van der Waals surface area (Å²) in [5.74, 6) is 0.897. The second-order valence-corrected chi connectivity index (χ2v) is 7.29. The first-order chi connectivity index (χ1) is 15.7. The second-order valence-electron chi connectivity index (χ2n) is 7.29. The first-order valence-electron chi connectivity index (χ1n) is 10.2. The van der Waals surface area contributed by atoms with Crippen molar-refractivity contribution in [3.05, 3.63) is 96.8 Å². The molecule has 3 aromatic carbocycles. The van der Waals surface area contributed by atoms with Gasteiger partial charge in [-0.1, -0.05) is 60.7 Å². The van der Waals surface area contributed by atoms with E-state index in [9.17, 15) is 4.79 Å². The van der Waals surface area contributed by atoms with Crippen LogP contribution in [-0.2, 0) is 4.74 Å². The zero-order valence-electron chi connectivity index (χ0n) is 17.4. The van der Waals surface area contributed by atoms with Gasteiger partial charge in [0.15, 0.2) is 0 Å². The molecule has 0 radical (unpaired) electrons. The van der Waals surface area contributed by atoms with E-state index in [1.807, 2.05) is 79.1 Å². The molecule has 0 amide bonds. The van der Waals surface area contributed by atoms with Crippen molar-refractivity contribution >= 4 is 5.97 Å². The van der Waals surface area contributed by atoms with Crippen LogP contribution in [0.15, 0.2) is 91.3 Å². The SMILES string of the molecule is COC(=O)c1cc(-c2nc(-c3ccccc3)c[nH]2)cc(-c2nc(-c3ccccc3)c[nH]2)c1. The zero-order chi connectivity index (χ0) is 21.9. The number of imidazole rings is 2. The molecule has 156 valence electrons. The lowest BCUT2D eigenvalue weighted by atomic mass is 10.0. The van der Waals surface area contributed by atoms with Gasteiger partial charge in [0.25, 0.3) is 0 Å². The Morgan fingerprint density at radius 3 is 1.59 bits per heavy atom. The highest BCUT2D eigenvalue weighted by Gasteiger charge is 2.15. The molecule has 0 aliphatic carbocycles. The lowest BCUT2D eigenvalue weighted by Gasteiger charge is -2.06. The predicted octanol–water partition coefficient (Wildman–Crippen LogP) is 5.59. The van der Waals surface area contributed by atoms with Gasteiger partial charge in [-0.05, 0) is 18.2 Å². The highest BCUT2D eigenvalue weighted by molar-refractivity contribution is 5.92. The predicted molar refractivity (Wildman–Crippen MR) is 124 cm³/mol. The van der Waals surface area contributed by atoms with Gasteiger partial charge in [0, 0.05) is 34.6 Å². The van der Waals surface area contributed by atoms with Gasteiger partial charge >= 0.3 is 5.97 Å². The molecular formula is C26H20N4O2. The van der Waals surface area contributed by atoms with Crippen LogP contribution >= 0.6 is 0 Å². The van der Waals surface area contributed by atoms with Crippen LogP contribution in [-0.4, -0.2) is 33.0 Å². The fraction of sp³-hybridized carbons (Fsp3) is 0.0385. The number of methoxy groups -OCH3 is 1. The summed E-state index contributed by atoms with van der Waals surface area (Å²) in [5.41, 5.74) is 5.64. The largest absolute Gasteiger partial charge is 0.465 e. The van der Waals surface area contributed by atoms with E-state index < -0.39 is 5.97 Å². The van der Waals surface area contributed by atoms with E-state index in [0.29, 0.717) is 17.2 Å². The molecule has 2 heterocycles. The molecule has 0 spiro atoms. The van der Waals surface area contributed by atoms with Gasteiger partial charge in [-0.15, -0.1) is 0 Å². The van der Waals surface area contributed by atoms with Gasteiger partial charge in [-0.2, -0.15) is 0 Å². The lowest BCUT2D eigenvalue weighted by molar-refractivity contribution is 0.0601. The summed E-state index contributed by atoms with van der Waals surface area (Å²) in [5, 5.41) is 0. The van der Waals surface area contributed by atoms with Gasteiger partial charge in [0.1, 0.15) is 11.6 Å². The Hall–Kier alpha value is -4.45. The van der Waals surface area contributed by atoms with Crippen molar-refractivity contribution < 1.29 is 9.53 Å². The Bertz CT molecular complexity index is 1280. The highest BCUT2D eigenvalue weighted by atomic mass is 16.5. The number of nitrogens with zero attached hydrogens (tertiary/aromatic N) is 2. The summed E-state index contributed by atoms with van der Waals surface area (Å²) in [6.45, 7) is 0. The molecule has 0 aliphatic rings. The molecule has 5 aromatic rings. The summed E-state index contributed by atoms with van der Waals surface area (Å²) in [4.78, 5) is 28.2. The summed E-state index contributed by atoms with van der Waals surface area (Å²) >= 11 is 0. The molecule has 32 heavy (non-hydrogen) atoms. The Morgan fingerprint density at radius 1 is 0.688 bits per heavy atom. The highest BCUT2D eigenvalue weighted by Crippen LogP contribution is 2.29. The number of aromatic nitrogens is 4. The fourth-order valence-corrected chi connectivity index (χ4v) is 3.59. The molecule has 6 heteroatoms. The van der Waals surface area contributed by atoms with Crippen molar-refractivity contribution in [3.8, 4) is 45.3 Å². The number of hydrogen-bond donors (Lipinski definition) is 2. The number of rotatable bonds is 5. The van der Waals surface area contributed by atoms with Crippen molar-refractivity contribution in [1.82, 2.24) is 19.9 Å². The Kier molecular flexibility index (Phi) is 5.09. The number of benzene rings is 3. The number of esters is 1. The topological polar surface area (TPSA) is 83.7 Å². The number of carbonyl (C=O) groups is 1. The van der Waals surface area contributed by atoms with E-state index in [1.54, 1.807) is 12.1 Å². The molecule has 2 N–H and O–H groups in total. The van der Waals surface area contributed by atoms with Crippen molar-refractivity contribution in [2.45, 2.75) is 0 Å². The van der Waals surface area contributed by atoms with Crippen LogP contribution in [0.4, 0.5) is 0 Å². The monoisotopic (exact) mass is 420 g/mol. The van der Waals surface area contributed by atoms with Crippen LogP contribution in [0.2, 0.25) is 0 Å². The molecule has 0 saturated heterocycles. The molecule has 2 aromatic heterocycles. The third-order valence-corrected chi connectivity index (χ3v) is 5.20. The summed E-state index contributed by atoms with van der Waals surface area (Å²) in [6.07, 6.45) is 3.71. The maximum absolute atomic E-state index is 12.4. The van der Waals surface area contributed by atoms with E-state index in [0.717, 1.165) is 33.6 Å². The van der Waals surface area contributed by atoms with Crippen molar-refractivity contribution in [2.24, 2.45) is 0 Å². The number of H-pyrrole nitrogens is 2. The minimum absolute atomic E-state index is 0.419. The Morgan fingerprint density at radius 2 is 1.16 bits per heavy atom. The van der Waals surface area contributed by atoms with E-state index >= 15 is 0 Å². The number of carbonyl (C=O) groups excluding carboxylic acids is 1. The number of ether oxygens (including phenoxy) is 1. The van der Waals surface area contributed by atoms with Gasteiger partial charge < -0.3 is 14.7 Å². The number of hydrogen-bond acceptors (Lipinski definition) is 4. The quantitative estimate of drug-likeness (QED) is 0.363. The number of nitrogens with one attached hydrogen (secondary N) is 2. The van der Waals surface area contributed by atoms with E-state index in [2.05, 4.69) is 9.97 Å². The van der Waals surface area contributed by atoms with Crippen LogP contribution in [0.3, 0.4) is 0 Å². The molecule has 0 fully saturated rings. The number of aromatic amines is 2. The molecular weight excluding hydrogens is 400 g/mol. The molecule has 0 unspecified atom stereocenters. The standard InChI is InChI=1S/C26H20N4O2/c1-32-26(31)21-13-19(24-27-15-22(29-24)17-8-4-2-5-9-17)12-20(14-21)25-28-16-23(30-25)18-10-6-3-7-11-18/h2-16H,1H3,(H,27,29)(H,28,30). The van der Waals surface area contributed by atoms with E-state index in [1.165, 1.54) is 7.11 Å². The lowest BCUT2D eigenvalue weighted by Crippen LogP contribution is -2.02. The Labute approximate surface area is 185 Å². The van der Waals surface area contributed by atoms with Crippen LogP contribution in [0.1, 0.15) is 10.4 Å². The molecule has 0 atom stereocenters. The van der Waals surface area contributed by atoms with Gasteiger partial charge in [0.05, 0.1) is 24.1 Å². The van der Waals surface area contributed by atoms with Gasteiger partial charge in [0.2, 0.25) is 0 Å². The molecule has 6 nitrogen and oxygen atoms in total. The smallest absolute Gasteiger partial charge is 0.337 e. The molecule has 5 rings (SSSR count). The zero-order valence-corrected chi connectivity index (χ0v) is 17.4. The van der Waals surface area contributed by atoms with Crippen LogP contribution in [0.5, 0.6) is 0 Å². The minimum Gasteiger partial charge on any atom is -0.465 e. The second kappa shape index (κ2) is 8.35. The van der Waals surface area contributed by atoms with Crippen LogP contribution in [0.25, 0.3) is 45.3 Å². The van der Waals surface area contributed by atoms with E-state index in [-0.39, 0.29) is 0 Å². The third kappa shape index (κ3) is 3.81. The summed E-state index contributed by atoms with van der Waals surface area (Å²) in [6, 6.07) is 25.3. The van der Waals surface area contributed by atoms with Crippen molar-refractivity contribution in [1.29, 1.82) is 0 Å². The maximum atomic E-state index is 12.4. The van der Waals surface area contributed by atoms with Crippen LogP contribution in [0, 0.1) is 0 Å². The first-order valence-corrected chi connectivity index (χ1v) is 10.2. The van der Waals surface area contributed by atoms with Gasteiger partial charge in [-0.25, -0.2) is 14.8 Å². The normalized spacial score (nSPS) is 10.8. The van der Waals surface area contributed by atoms with Crippen LogP contribution < -0.4 is 0 Å². The minimum atomic E-state index is -0.419. The molecule has 0 bridgehead atoms. The average Bonchev–Trinajstić information content (AvgIpc) is 3.55. The van der Waals surface area contributed by atoms with E-state index in [4.69, 9.17) is 14.7 Å². The first kappa shape index (κ1) is 19.5. The maximum Gasteiger partial charge on any atom is 0.337 e. The molecule has 0 aliphatic heterocycles. The summed E-state index contributed by atoms with van der Waals surface area (Å²) in [7, 11) is 1.37. The third-order valence-electron chi connectivity index (χ3n) is 5.20. The summed E-state index contributed by atoms with van der Waals surface area (Å²) < 4.78 is 4.97. The fourth-order valence-electron chi connectivity index (χ4n) is 3.59. The van der Waals surface area contributed by atoms with Crippen molar-refractivity contribution in [3.63, 3.8) is 0 Å². The average molecular weight is 420 g/mol. The molecule has 0 saturated carbocycles.